The molecule has 1 unspecified atom stereocenters. The summed E-state index contributed by atoms with van der Waals surface area (Å²) in [6.45, 7) is 5.78. The molecule has 98 valence electrons. The van der Waals surface area contributed by atoms with E-state index in [4.69, 9.17) is 0 Å². The lowest BCUT2D eigenvalue weighted by Crippen LogP contribution is -2.51. The van der Waals surface area contributed by atoms with Gasteiger partial charge in [0.05, 0.1) is 0 Å². The van der Waals surface area contributed by atoms with Crippen molar-refractivity contribution >= 4 is 27.1 Å². The van der Waals surface area contributed by atoms with Crippen molar-refractivity contribution in [1.82, 2.24) is 5.32 Å². The first-order valence-electron chi connectivity index (χ1n) is 5.70. The van der Waals surface area contributed by atoms with Gasteiger partial charge in [0, 0.05) is 13.0 Å². The van der Waals surface area contributed by atoms with E-state index >= 15 is 0 Å². The molecule has 18 heavy (non-hydrogen) atoms. The van der Waals surface area contributed by atoms with Crippen LogP contribution < -0.4 is 5.32 Å². The number of allylic oxidation sites excluding steroid dienone is 1. The summed E-state index contributed by atoms with van der Waals surface area (Å²) < 4.78 is 24.1. The van der Waals surface area contributed by atoms with Crippen molar-refractivity contribution in [3.8, 4) is 0 Å². The SMILES string of the molecule is C=CCC1(C(=O)NCC)Cc2ccsc2S1(=O)=O. The van der Waals surface area contributed by atoms with Gasteiger partial charge in [0.1, 0.15) is 4.21 Å². The van der Waals surface area contributed by atoms with Crippen LogP contribution in [0, 0.1) is 0 Å². The lowest BCUT2D eigenvalue weighted by Gasteiger charge is -2.25. The van der Waals surface area contributed by atoms with Crippen LogP contribution in [-0.4, -0.2) is 25.6 Å². The number of fused-ring (bicyclic) bond motifs is 1. The smallest absolute Gasteiger partial charge is 0.242 e. The lowest BCUT2D eigenvalue weighted by atomic mass is 9.96. The topological polar surface area (TPSA) is 63.2 Å². The highest BCUT2D eigenvalue weighted by molar-refractivity contribution is 7.96. The quantitative estimate of drug-likeness (QED) is 0.853. The summed E-state index contributed by atoms with van der Waals surface area (Å²) in [5.41, 5.74) is 0.744. The number of carbonyl (C=O) groups is 1. The average molecular weight is 285 g/mol. The Kier molecular flexibility index (Phi) is 3.33. The van der Waals surface area contributed by atoms with E-state index in [0.717, 1.165) is 5.56 Å². The molecule has 0 radical (unpaired) electrons. The molecule has 0 saturated carbocycles. The van der Waals surface area contributed by atoms with Crippen LogP contribution >= 0.6 is 11.3 Å². The molecule has 0 bridgehead atoms. The summed E-state index contributed by atoms with van der Waals surface area (Å²) in [5, 5.41) is 4.38. The molecular weight excluding hydrogens is 270 g/mol. The molecule has 0 saturated heterocycles. The van der Waals surface area contributed by atoms with Crippen molar-refractivity contribution in [2.75, 3.05) is 6.54 Å². The highest BCUT2D eigenvalue weighted by Crippen LogP contribution is 2.44. The monoisotopic (exact) mass is 285 g/mol. The highest BCUT2D eigenvalue weighted by atomic mass is 32.2. The van der Waals surface area contributed by atoms with E-state index in [2.05, 4.69) is 11.9 Å². The standard InChI is InChI=1S/C12H15NO3S2/c1-3-6-12(11(14)13-4-2)8-9-5-7-17-10(9)18(12,15)16/h3,5,7H,1,4,6,8H2,2H3,(H,13,14). The molecule has 6 heteroatoms. The molecule has 1 N–H and O–H groups in total. The first-order chi connectivity index (χ1) is 8.49. The Bertz CT molecular complexity index is 588. The molecule has 0 aromatic carbocycles. The van der Waals surface area contributed by atoms with Gasteiger partial charge in [-0.3, -0.25) is 4.79 Å². The number of thiophene rings is 1. The third-order valence-corrected chi connectivity index (χ3v) is 7.14. The van der Waals surface area contributed by atoms with E-state index in [1.54, 1.807) is 18.4 Å². The van der Waals surface area contributed by atoms with Gasteiger partial charge in [-0.05, 0) is 30.4 Å². The zero-order chi connectivity index (χ0) is 13.4. The molecule has 1 aromatic heterocycles. The molecule has 1 amide bonds. The predicted octanol–water partition coefficient (Wildman–Crippen LogP) is 1.53. The van der Waals surface area contributed by atoms with E-state index in [-0.39, 0.29) is 12.8 Å². The van der Waals surface area contributed by atoms with Crippen LogP contribution in [-0.2, 0) is 21.1 Å². The van der Waals surface area contributed by atoms with Crippen LogP contribution in [0.3, 0.4) is 0 Å². The van der Waals surface area contributed by atoms with E-state index < -0.39 is 20.5 Å². The number of hydrogen-bond donors (Lipinski definition) is 1. The molecule has 2 heterocycles. The molecule has 0 fully saturated rings. The van der Waals surface area contributed by atoms with Gasteiger partial charge in [-0.25, -0.2) is 8.42 Å². The van der Waals surface area contributed by atoms with Gasteiger partial charge in [-0.1, -0.05) is 6.08 Å². The summed E-state index contributed by atoms with van der Waals surface area (Å²) in [6, 6.07) is 1.78. The third-order valence-electron chi connectivity index (χ3n) is 3.17. The first kappa shape index (κ1) is 13.3. The zero-order valence-electron chi connectivity index (χ0n) is 10.1. The maximum Gasteiger partial charge on any atom is 0.242 e. The summed E-state index contributed by atoms with van der Waals surface area (Å²) in [5.74, 6) is -0.423. The molecule has 2 rings (SSSR count). The second-order valence-corrected chi connectivity index (χ2v) is 7.63. The van der Waals surface area contributed by atoms with Crippen molar-refractivity contribution in [3.05, 3.63) is 29.7 Å². The summed E-state index contributed by atoms with van der Waals surface area (Å²) >= 11 is 1.18. The summed E-state index contributed by atoms with van der Waals surface area (Å²) in [6.07, 6.45) is 1.89. The van der Waals surface area contributed by atoms with Crippen LogP contribution in [0.2, 0.25) is 0 Å². The third kappa shape index (κ3) is 1.63. The molecule has 0 aliphatic carbocycles. The average Bonchev–Trinajstić information content (AvgIpc) is 2.83. The largest absolute Gasteiger partial charge is 0.355 e. The number of carbonyl (C=O) groups excluding carboxylic acids is 1. The van der Waals surface area contributed by atoms with Gasteiger partial charge < -0.3 is 5.32 Å². The number of nitrogens with one attached hydrogen (secondary N) is 1. The van der Waals surface area contributed by atoms with E-state index in [9.17, 15) is 13.2 Å². The van der Waals surface area contributed by atoms with Crippen LogP contribution in [0.4, 0.5) is 0 Å². The Morgan fingerprint density at radius 2 is 2.39 bits per heavy atom. The van der Waals surface area contributed by atoms with E-state index in [1.807, 2.05) is 0 Å². The van der Waals surface area contributed by atoms with Crippen molar-refractivity contribution in [2.24, 2.45) is 0 Å². The van der Waals surface area contributed by atoms with Gasteiger partial charge in [-0.2, -0.15) is 0 Å². The van der Waals surface area contributed by atoms with Gasteiger partial charge in [0.2, 0.25) is 15.7 Å². The lowest BCUT2D eigenvalue weighted by molar-refractivity contribution is -0.123. The van der Waals surface area contributed by atoms with Crippen LogP contribution in [0.5, 0.6) is 0 Å². The highest BCUT2D eigenvalue weighted by Gasteiger charge is 2.56. The fourth-order valence-electron chi connectivity index (χ4n) is 2.30. The Morgan fingerprint density at radius 1 is 1.67 bits per heavy atom. The minimum atomic E-state index is -3.61. The van der Waals surface area contributed by atoms with Gasteiger partial charge >= 0.3 is 0 Å². The summed E-state index contributed by atoms with van der Waals surface area (Å²) in [7, 11) is -3.61. The molecule has 0 spiro atoms. The second-order valence-electron chi connectivity index (χ2n) is 4.26. The Labute approximate surface area is 111 Å². The molecular formula is C12H15NO3S2. The Balaban J connectivity index is 2.55. The van der Waals surface area contributed by atoms with Gasteiger partial charge in [0.15, 0.2) is 4.75 Å². The van der Waals surface area contributed by atoms with Gasteiger partial charge in [-0.15, -0.1) is 17.9 Å². The van der Waals surface area contributed by atoms with Crippen molar-refractivity contribution < 1.29 is 13.2 Å². The number of hydrogen-bond acceptors (Lipinski definition) is 4. The molecule has 1 atom stereocenters. The number of sulfone groups is 1. The number of amides is 1. The van der Waals surface area contributed by atoms with Crippen molar-refractivity contribution in [1.29, 1.82) is 0 Å². The first-order valence-corrected chi connectivity index (χ1v) is 8.06. The van der Waals surface area contributed by atoms with Gasteiger partial charge in [0.25, 0.3) is 0 Å². The minimum absolute atomic E-state index is 0.141. The second kappa shape index (κ2) is 4.51. The van der Waals surface area contributed by atoms with Crippen LogP contribution in [0.1, 0.15) is 18.9 Å². The molecule has 1 aliphatic rings. The Hall–Kier alpha value is -1.14. The fourth-order valence-corrected chi connectivity index (χ4v) is 5.94. The van der Waals surface area contributed by atoms with E-state index in [0.29, 0.717) is 10.8 Å². The maximum atomic E-state index is 12.6. The molecule has 4 nitrogen and oxygen atoms in total. The van der Waals surface area contributed by atoms with Crippen LogP contribution in [0.15, 0.2) is 28.3 Å². The Morgan fingerprint density at radius 3 is 2.94 bits per heavy atom. The normalized spacial score (nSPS) is 24.5. The van der Waals surface area contributed by atoms with E-state index in [1.165, 1.54) is 17.4 Å². The minimum Gasteiger partial charge on any atom is -0.355 e. The summed E-state index contributed by atoms with van der Waals surface area (Å²) in [4.78, 5) is 12.2. The molecule has 1 aromatic rings. The van der Waals surface area contributed by atoms with Crippen LogP contribution in [0.25, 0.3) is 0 Å². The number of rotatable bonds is 4. The zero-order valence-corrected chi connectivity index (χ0v) is 11.7. The van der Waals surface area contributed by atoms with Crippen molar-refractivity contribution in [3.63, 3.8) is 0 Å². The molecule has 1 aliphatic heterocycles. The fraction of sp³-hybridized carbons (Fsp3) is 0.417. The maximum absolute atomic E-state index is 12.6. The van der Waals surface area contributed by atoms with Crippen molar-refractivity contribution in [2.45, 2.75) is 28.7 Å². The predicted molar refractivity (Wildman–Crippen MR) is 71.4 cm³/mol.